The summed E-state index contributed by atoms with van der Waals surface area (Å²) in [6.45, 7) is 4.76. The molecule has 0 N–H and O–H groups in total. The van der Waals surface area contributed by atoms with Crippen molar-refractivity contribution in [2.24, 2.45) is 28.6 Å². The number of ketones is 1. The highest BCUT2D eigenvalue weighted by atomic mass is 16.6. The Kier molecular flexibility index (Phi) is 4.08. The van der Waals surface area contributed by atoms with Crippen LogP contribution in [0.3, 0.4) is 0 Å². The number of fused-ring (bicyclic) bond motifs is 5. The molecule has 5 nitrogen and oxygen atoms in total. The van der Waals surface area contributed by atoms with E-state index in [4.69, 9.17) is 4.74 Å². The monoisotopic (exact) mass is 382 g/mol. The van der Waals surface area contributed by atoms with Crippen LogP contribution in [-0.2, 0) is 9.53 Å². The van der Waals surface area contributed by atoms with Gasteiger partial charge in [-0.05, 0) is 74.2 Å². The Morgan fingerprint density at radius 2 is 2.00 bits per heavy atom. The minimum absolute atomic E-state index is 0.00831. The molecule has 4 aliphatic carbocycles. The second-order valence-electron chi connectivity index (χ2n) is 9.93. The van der Waals surface area contributed by atoms with Gasteiger partial charge in [0.1, 0.15) is 12.4 Å². The number of hydrogen-bond donors (Lipinski definition) is 0. The molecule has 150 valence electrons. The van der Waals surface area contributed by atoms with Crippen molar-refractivity contribution in [3.8, 4) is 0 Å². The summed E-state index contributed by atoms with van der Waals surface area (Å²) in [6, 6.07) is 0. The van der Waals surface area contributed by atoms with Crippen molar-refractivity contribution in [3.05, 3.63) is 30.4 Å². The maximum absolute atomic E-state index is 12.5. The highest BCUT2D eigenvalue weighted by Crippen LogP contribution is 2.65. The number of aromatic nitrogens is 2. The van der Waals surface area contributed by atoms with Crippen molar-refractivity contribution in [2.45, 2.75) is 71.3 Å². The second kappa shape index (κ2) is 6.30. The molecule has 3 fully saturated rings. The van der Waals surface area contributed by atoms with E-state index in [9.17, 15) is 9.59 Å². The molecule has 0 saturated heterocycles. The van der Waals surface area contributed by atoms with Crippen LogP contribution in [0, 0.1) is 28.6 Å². The van der Waals surface area contributed by atoms with Gasteiger partial charge in [0.2, 0.25) is 0 Å². The molecule has 0 aromatic carbocycles. The van der Waals surface area contributed by atoms with E-state index in [1.54, 1.807) is 12.4 Å². The van der Waals surface area contributed by atoms with Crippen LogP contribution in [0.1, 0.15) is 65.2 Å². The number of rotatable bonds is 1. The van der Waals surface area contributed by atoms with Crippen molar-refractivity contribution >= 4 is 11.9 Å². The van der Waals surface area contributed by atoms with E-state index in [0.29, 0.717) is 30.0 Å². The van der Waals surface area contributed by atoms with E-state index < -0.39 is 0 Å². The van der Waals surface area contributed by atoms with E-state index in [-0.39, 0.29) is 23.0 Å². The lowest BCUT2D eigenvalue weighted by molar-refractivity contribution is -0.118. The Bertz CT molecular complexity index is 829. The molecule has 3 saturated carbocycles. The van der Waals surface area contributed by atoms with Gasteiger partial charge in [0.05, 0.1) is 0 Å². The first-order valence-electron chi connectivity index (χ1n) is 10.8. The average Bonchev–Trinajstić information content (AvgIpc) is 3.31. The SMILES string of the molecule is C[C@]12CC[C@H]3[C@@H](CCC4=CC(=O)CC[C@@]43C)[C@@H]1CC[C@@H]2OC(=O)n1ccnc1. The summed E-state index contributed by atoms with van der Waals surface area (Å²) in [4.78, 5) is 28.4. The largest absolute Gasteiger partial charge is 0.445 e. The minimum atomic E-state index is -0.307. The lowest BCUT2D eigenvalue weighted by Gasteiger charge is -2.57. The molecule has 0 aliphatic heterocycles. The molecule has 28 heavy (non-hydrogen) atoms. The van der Waals surface area contributed by atoms with Crippen molar-refractivity contribution in [1.29, 1.82) is 0 Å². The third-order valence-corrected chi connectivity index (χ3v) is 8.83. The van der Waals surface area contributed by atoms with Gasteiger partial charge < -0.3 is 4.74 Å². The molecule has 1 aromatic heterocycles. The first-order chi connectivity index (χ1) is 13.4. The van der Waals surface area contributed by atoms with Crippen LogP contribution in [0.2, 0.25) is 0 Å². The summed E-state index contributed by atoms with van der Waals surface area (Å²) in [7, 11) is 0. The first-order valence-corrected chi connectivity index (χ1v) is 10.8. The lowest BCUT2D eigenvalue weighted by Crippen LogP contribution is -2.51. The quantitative estimate of drug-likeness (QED) is 0.702. The molecular weight excluding hydrogens is 352 g/mol. The number of ether oxygens (including phenoxy) is 1. The maximum atomic E-state index is 12.5. The van der Waals surface area contributed by atoms with Crippen LogP contribution in [0.4, 0.5) is 4.79 Å². The van der Waals surface area contributed by atoms with Crippen LogP contribution in [0.5, 0.6) is 0 Å². The molecule has 1 aromatic rings. The highest BCUT2D eigenvalue weighted by Gasteiger charge is 2.60. The predicted molar refractivity (Wildman–Crippen MR) is 105 cm³/mol. The fourth-order valence-corrected chi connectivity index (χ4v) is 7.25. The second-order valence-corrected chi connectivity index (χ2v) is 9.93. The number of carbonyl (C=O) groups is 2. The molecule has 1 heterocycles. The summed E-state index contributed by atoms with van der Waals surface area (Å²) in [5, 5.41) is 0. The third-order valence-electron chi connectivity index (χ3n) is 8.83. The fraction of sp³-hybridized carbons (Fsp3) is 0.696. The van der Waals surface area contributed by atoms with Gasteiger partial charge in [-0.25, -0.2) is 14.3 Å². The number of imidazole rings is 1. The summed E-state index contributed by atoms with van der Waals surface area (Å²) >= 11 is 0. The molecular formula is C23H30N2O3. The van der Waals surface area contributed by atoms with Gasteiger partial charge >= 0.3 is 6.09 Å². The molecule has 4 aliphatic rings. The van der Waals surface area contributed by atoms with Crippen LogP contribution in [0.25, 0.3) is 0 Å². The lowest BCUT2D eigenvalue weighted by atomic mass is 9.47. The minimum Gasteiger partial charge on any atom is -0.445 e. The van der Waals surface area contributed by atoms with Crippen LogP contribution >= 0.6 is 0 Å². The Morgan fingerprint density at radius 3 is 2.79 bits per heavy atom. The van der Waals surface area contributed by atoms with Gasteiger partial charge in [-0.15, -0.1) is 0 Å². The van der Waals surface area contributed by atoms with Gasteiger partial charge in [0, 0.05) is 24.2 Å². The zero-order chi connectivity index (χ0) is 19.5. The normalized spacial score (nSPS) is 42.2. The van der Waals surface area contributed by atoms with E-state index >= 15 is 0 Å². The standard InChI is InChI=1S/C23H30N2O3/c1-22-9-7-16(26)13-15(22)3-4-17-18-5-6-20(23(18,2)10-8-19(17)22)28-21(27)25-12-11-24-14-25/h11-14,17-20H,3-10H2,1-2H3/t17-,18-,19-,20-,22-,23-/m0/s1. The fourth-order valence-electron chi connectivity index (χ4n) is 7.25. The van der Waals surface area contributed by atoms with E-state index in [0.717, 1.165) is 32.1 Å². The van der Waals surface area contributed by atoms with E-state index in [2.05, 4.69) is 18.8 Å². The van der Waals surface area contributed by atoms with Crippen LogP contribution in [0.15, 0.2) is 30.4 Å². The van der Waals surface area contributed by atoms with Crippen molar-refractivity contribution in [2.75, 3.05) is 0 Å². The van der Waals surface area contributed by atoms with Gasteiger partial charge in [-0.2, -0.15) is 0 Å². The van der Waals surface area contributed by atoms with Crippen molar-refractivity contribution in [3.63, 3.8) is 0 Å². The number of carbonyl (C=O) groups excluding carboxylic acids is 2. The van der Waals surface area contributed by atoms with Gasteiger partial charge in [-0.3, -0.25) is 4.79 Å². The van der Waals surface area contributed by atoms with Crippen molar-refractivity contribution in [1.82, 2.24) is 9.55 Å². The molecule has 6 atom stereocenters. The van der Waals surface area contributed by atoms with Gasteiger partial charge in [0.15, 0.2) is 5.78 Å². The van der Waals surface area contributed by atoms with Crippen LogP contribution < -0.4 is 0 Å². The van der Waals surface area contributed by atoms with Crippen molar-refractivity contribution < 1.29 is 14.3 Å². The zero-order valence-electron chi connectivity index (χ0n) is 16.9. The molecule has 5 rings (SSSR count). The highest BCUT2D eigenvalue weighted by molar-refractivity contribution is 5.91. The number of hydrogen-bond acceptors (Lipinski definition) is 4. The summed E-state index contributed by atoms with van der Waals surface area (Å²) < 4.78 is 7.41. The summed E-state index contributed by atoms with van der Waals surface area (Å²) in [6.07, 6.45) is 14.8. The Hall–Kier alpha value is -1.91. The topological polar surface area (TPSA) is 61.2 Å². The number of allylic oxidation sites excluding steroid dienone is 1. The maximum Gasteiger partial charge on any atom is 0.419 e. The summed E-state index contributed by atoms with van der Waals surface area (Å²) in [5.41, 5.74) is 1.68. The van der Waals surface area contributed by atoms with E-state index in [1.807, 2.05) is 6.08 Å². The molecule has 5 heteroatoms. The predicted octanol–water partition coefficient (Wildman–Crippen LogP) is 4.77. The Labute approximate surface area is 166 Å². The molecule has 0 radical (unpaired) electrons. The van der Waals surface area contributed by atoms with Gasteiger partial charge in [0.25, 0.3) is 0 Å². The zero-order valence-corrected chi connectivity index (χ0v) is 16.9. The smallest absolute Gasteiger partial charge is 0.419 e. The summed E-state index contributed by atoms with van der Waals surface area (Å²) in [5.74, 6) is 2.29. The Morgan fingerprint density at radius 1 is 1.14 bits per heavy atom. The average molecular weight is 383 g/mol. The Balaban J connectivity index is 1.38. The van der Waals surface area contributed by atoms with Crippen LogP contribution in [-0.4, -0.2) is 27.5 Å². The third kappa shape index (κ3) is 2.54. The first kappa shape index (κ1) is 18.1. The molecule has 0 bridgehead atoms. The molecule has 0 unspecified atom stereocenters. The number of nitrogens with zero attached hydrogens (tertiary/aromatic N) is 2. The van der Waals surface area contributed by atoms with Gasteiger partial charge in [-0.1, -0.05) is 19.4 Å². The molecule has 0 amide bonds. The molecule has 0 spiro atoms. The van der Waals surface area contributed by atoms with E-state index in [1.165, 1.54) is 29.3 Å².